The molecule has 4 nitrogen and oxygen atoms in total. The van der Waals surface area contributed by atoms with Crippen LogP contribution in [0.2, 0.25) is 0 Å². The Balaban J connectivity index is 3.14. The first kappa shape index (κ1) is 8.59. The number of rotatable bonds is 1. The summed E-state index contributed by atoms with van der Waals surface area (Å²) >= 11 is 0. The fourth-order valence-electron chi connectivity index (χ4n) is 0.820. The van der Waals surface area contributed by atoms with Gasteiger partial charge in [-0.15, -0.1) is 0 Å². The highest BCUT2D eigenvalue weighted by Crippen LogP contribution is 2.16. The van der Waals surface area contributed by atoms with Crippen molar-refractivity contribution in [1.82, 2.24) is 0 Å². The van der Waals surface area contributed by atoms with Crippen molar-refractivity contribution in [3.8, 4) is 5.75 Å². The maximum atomic E-state index is 9.13. The fraction of sp³-hybridized carbons (Fsp3) is 0. The average molecular weight is 163 g/mol. The zero-order chi connectivity index (χ0) is 9.14. The van der Waals surface area contributed by atoms with Crippen LogP contribution >= 0.6 is 0 Å². The van der Waals surface area contributed by atoms with Crippen LogP contribution in [-0.2, 0) is 0 Å². The van der Waals surface area contributed by atoms with Gasteiger partial charge in [-0.1, -0.05) is 12.1 Å². The summed E-state index contributed by atoms with van der Waals surface area (Å²) in [6.45, 7) is 6.61. The molecule has 1 rings (SSSR count). The monoisotopic (exact) mass is 163 g/mol. The molecule has 5 heteroatoms. The number of phenolic OH excluding ortho intramolecular Hbond substituents is 1. The molecule has 0 amide bonds. The lowest BCUT2D eigenvalue weighted by Crippen LogP contribution is -2.29. The van der Waals surface area contributed by atoms with Gasteiger partial charge >= 0.3 is 7.12 Å². The van der Waals surface area contributed by atoms with Crippen LogP contribution in [0.1, 0.15) is 0 Å². The van der Waals surface area contributed by atoms with Gasteiger partial charge in [0, 0.05) is 5.46 Å². The molecule has 0 atom stereocenters. The minimum Gasteiger partial charge on any atom is -0.510 e. The highest BCUT2D eigenvalue weighted by molar-refractivity contribution is 6.59. The Labute approximate surface area is 69.7 Å². The maximum absolute atomic E-state index is 9.13. The molecule has 0 spiro atoms. The summed E-state index contributed by atoms with van der Waals surface area (Å²) in [4.78, 5) is 3.06. The molecule has 0 heterocycles. The van der Waals surface area contributed by atoms with Crippen LogP contribution in [0.5, 0.6) is 5.75 Å². The molecule has 0 radical (unpaired) electrons. The second kappa shape index (κ2) is 3.26. The van der Waals surface area contributed by atoms with Gasteiger partial charge in [0.25, 0.3) is 0 Å². The molecule has 0 saturated carbocycles. The van der Waals surface area contributed by atoms with Gasteiger partial charge in [-0.2, -0.15) is 0 Å². The Morgan fingerprint density at radius 2 is 2.00 bits per heavy atom. The summed E-state index contributed by atoms with van der Waals surface area (Å²) < 4.78 is 0. The van der Waals surface area contributed by atoms with E-state index < -0.39 is 7.12 Å². The summed E-state index contributed by atoms with van der Waals surface area (Å²) in [6.07, 6.45) is 0. The van der Waals surface area contributed by atoms with Crippen LogP contribution in [0.4, 0.5) is 5.69 Å². The van der Waals surface area contributed by atoms with E-state index in [2.05, 4.69) is 4.85 Å². The molecule has 0 bridgehead atoms. The molecule has 3 N–H and O–H groups in total. The quantitative estimate of drug-likeness (QED) is 0.390. The molecule has 0 fully saturated rings. The number of nitrogens with zero attached hydrogens (tertiary/aromatic N) is 1. The van der Waals surface area contributed by atoms with Gasteiger partial charge in [-0.05, 0) is 6.07 Å². The lowest BCUT2D eigenvalue weighted by atomic mass is 9.79. The SMILES string of the molecule is [C-]#[N+]c1ccc(B(O)O)c(O)c1. The Hall–Kier alpha value is -1.51. The van der Waals surface area contributed by atoms with Crippen molar-refractivity contribution < 1.29 is 15.2 Å². The Morgan fingerprint density at radius 3 is 2.42 bits per heavy atom. The first-order valence-corrected chi connectivity index (χ1v) is 3.21. The van der Waals surface area contributed by atoms with E-state index in [9.17, 15) is 0 Å². The molecule has 0 aliphatic rings. The average Bonchev–Trinajstić information content (AvgIpc) is 2.03. The van der Waals surface area contributed by atoms with E-state index in [1.165, 1.54) is 18.2 Å². The van der Waals surface area contributed by atoms with Crippen LogP contribution < -0.4 is 5.46 Å². The molecular weight excluding hydrogens is 157 g/mol. The molecule has 0 aromatic heterocycles. The molecule has 0 aliphatic heterocycles. The van der Waals surface area contributed by atoms with Crippen molar-refractivity contribution in [3.63, 3.8) is 0 Å². The summed E-state index contributed by atoms with van der Waals surface area (Å²) in [5.41, 5.74) is 0.263. The third-order valence-corrected chi connectivity index (χ3v) is 1.42. The first-order valence-electron chi connectivity index (χ1n) is 3.21. The van der Waals surface area contributed by atoms with Crippen LogP contribution in [0.25, 0.3) is 4.85 Å². The Kier molecular flexibility index (Phi) is 2.33. The van der Waals surface area contributed by atoms with E-state index in [-0.39, 0.29) is 16.9 Å². The molecule has 0 unspecified atom stereocenters. The topological polar surface area (TPSA) is 65.0 Å². The number of benzene rings is 1. The zero-order valence-electron chi connectivity index (χ0n) is 6.10. The molecule has 1 aromatic rings. The van der Waals surface area contributed by atoms with Crippen molar-refractivity contribution in [1.29, 1.82) is 0 Å². The third kappa shape index (κ3) is 1.56. The molecule has 1 aromatic carbocycles. The molecule has 0 saturated heterocycles. The van der Waals surface area contributed by atoms with E-state index in [4.69, 9.17) is 21.7 Å². The van der Waals surface area contributed by atoms with Crippen molar-refractivity contribution in [2.75, 3.05) is 0 Å². The lowest BCUT2D eigenvalue weighted by molar-refractivity contribution is 0.419. The van der Waals surface area contributed by atoms with E-state index in [1.54, 1.807) is 0 Å². The molecular formula is C7H6BNO3. The highest BCUT2D eigenvalue weighted by Gasteiger charge is 2.15. The van der Waals surface area contributed by atoms with E-state index in [0.29, 0.717) is 0 Å². The molecule has 12 heavy (non-hydrogen) atoms. The fourth-order valence-corrected chi connectivity index (χ4v) is 0.820. The standard InChI is InChI=1S/C7H6BNO3/c1-9-5-2-3-6(8(11)12)7(10)4-5/h2-4,10-12H. The van der Waals surface area contributed by atoms with Gasteiger partial charge in [-0.3, -0.25) is 0 Å². The lowest BCUT2D eigenvalue weighted by Gasteiger charge is -2.01. The van der Waals surface area contributed by atoms with Crippen molar-refractivity contribution >= 4 is 18.3 Å². The largest absolute Gasteiger partial charge is 0.510 e. The van der Waals surface area contributed by atoms with Gasteiger partial charge < -0.3 is 15.2 Å². The number of phenols is 1. The van der Waals surface area contributed by atoms with Crippen molar-refractivity contribution in [3.05, 3.63) is 29.6 Å². The zero-order valence-corrected chi connectivity index (χ0v) is 6.10. The Morgan fingerprint density at radius 1 is 1.33 bits per heavy atom. The summed E-state index contributed by atoms with van der Waals surface area (Å²) in [6, 6.07) is 3.89. The van der Waals surface area contributed by atoms with Crippen LogP contribution in [0, 0.1) is 6.57 Å². The minimum absolute atomic E-state index is 0.00222. The van der Waals surface area contributed by atoms with Gasteiger partial charge in [0.1, 0.15) is 5.75 Å². The number of aromatic hydroxyl groups is 1. The first-order chi connectivity index (χ1) is 5.65. The van der Waals surface area contributed by atoms with Crippen LogP contribution in [-0.4, -0.2) is 22.3 Å². The van der Waals surface area contributed by atoms with Crippen LogP contribution in [0.15, 0.2) is 18.2 Å². The van der Waals surface area contributed by atoms with Crippen molar-refractivity contribution in [2.45, 2.75) is 0 Å². The summed E-state index contributed by atoms with van der Waals surface area (Å²) in [7, 11) is -1.70. The van der Waals surface area contributed by atoms with Gasteiger partial charge in [0.15, 0.2) is 5.69 Å². The van der Waals surface area contributed by atoms with Gasteiger partial charge in [0.2, 0.25) is 0 Å². The van der Waals surface area contributed by atoms with E-state index in [0.717, 1.165) is 0 Å². The van der Waals surface area contributed by atoms with Gasteiger partial charge in [0.05, 0.1) is 6.57 Å². The second-order valence-corrected chi connectivity index (χ2v) is 2.23. The second-order valence-electron chi connectivity index (χ2n) is 2.23. The molecule has 0 aliphatic carbocycles. The predicted octanol–water partition coefficient (Wildman–Crippen LogP) is -0.377. The number of hydrogen-bond donors (Lipinski definition) is 3. The van der Waals surface area contributed by atoms with Gasteiger partial charge in [-0.25, -0.2) is 4.85 Å². The highest BCUT2D eigenvalue weighted by atomic mass is 16.4. The number of hydrogen-bond acceptors (Lipinski definition) is 3. The third-order valence-electron chi connectivity index (χ3n) is 1.42. The predicted molar refractivity (Wildman–Crippen MR) is 44.2 cm³/mol. The van der Waals surface area contributed by atoms with E-state index >= 15 is 0 Å². The van der Waals surface area contributed by atoms with E-state index in [1.807, 2.05) is 0 Å². The molecule has 60 valence electrons. The van der Waals surface area contributed by atoms with Crippen LogP contribution in [0.3, 0.4) is 0 Å². The van der Waals surface area contributed by atoms with Crippen molar-refractivity contribution in [2.24, 2.45) is 0 Å². The normalized spacial score (nSPS) is 9.08. The minimum atomic E-state index is -1.70. The summed E-state index contributed by atoms with van der Waals surface area (Å²) in [5.74, 6) is -0.279. The smallest absolute Gasteiger partial charge is 0.492 e. The maximum Gasteiger partial charge on any atom is 0.492 e. The summed E-state index contributed by atoms with van der Waals surface area (Å²) in [5, 5.41) is 26.5. The Bertz CT molecular complexity index is 332.